The lowest BCUT2D eigenvalue weighted by Gasteiger charge is -2.34. The third-order valence-electron chi connectivity index (χ3n) is 5.13. The van der Waals surface area contributed by atoms with Gasteiger partial charge in [0.25, 0.3) is 0 Å². The minimum Gasteiger partial charge on any atom is -0.342 e. The maximum absolute atomic E-state index is 12.4. The highest BCUT2D eigenvalue weighted by Crippen LogP contribution is 2.42. The Labute approximate surface area is 104 Å². The van der Waals surface area contributed by atoms with E-state index in [2.05, 4.69) is 17.1 Å². The summed E-state index contributed by atoms with van der Waals surface area (Å²) < 4.78 is 0. The molecule has 0 radical (unpaired) electrons. The van der Waals surface area contributed by atoms with Gasteiger partial charge in [-0.05, 0) is 56.5 Å². The predicted molar refractivity (Wildman–Crippen MR) is 67.6 cm³/mol. The number of hydrogen-bond acceptors (Lipinski definition) is 2. The molecular weight excluding hydrogens is 212 g/mol. The van der Waals surface area contributed by atoms with Crippen LogP contribution in [0.5, 0.6) is 0 Å². The SMILES string of the molecule is CC(C(=O)N1CCC2(CCNCC2)C1)C1CC1. The molecule has 1 N–H and O–H groups in total. The number of nitrogens with zero attached hydrogens (tertiary/aromatic N) is 1. The molecule has 0 bridgehead atoms. The van der Waals surface area contributed by atoms with Gasteiger partial charge in [0.1, 0.15) is 0 Å². The topological polar surface area (TPSA) is 32.3 Å². The van der Waals surface area contributed by atoms with Crippen molar-refractivity contribution in [1.29, 1.82) is 0 Å². The first-order valence-electron chi connectivity index (χ1n) is 7.20. The van der Waals surface area contributed by atoms with E-state index in [1.807, 2.05) is 0 Å². The predicted octanol–water partition coefficient (Wildman–Crippen LogP) is 1.63. The Morgan fingerprint density at radius 3 is 2.65 bits per heavy atom. The second kappa shape index (κ2) is 4.27. The number of amides is 1. The summed E-state index contributed by atoms with van der Waals surface area (Å²) in [5.74, 6) is 1.42. The van der Waals surface area contributed by atoms with Crippen molar-refractivity contribution < 1.29 is 4.79 Å². The van der Waals surface area contributed by atoms with Gasteiger partial charge >= 0.3 is 0 Å². The summed E-state index contributed by atoms with van der Waals surface area (Å²) in [6, 6.07) is 0. The molecule has 3 aliphatic rings. The molecule has 1 saturated carbocycles. The normalized spacial score (nSPS) is 29.6. The lowest BCUT2D eigenvalue weighted by Crippen LogP contribution is -2.41. The molecule has 3 rings (SSSR count). The Hall–Kier alpha value is -0.570. The van der Waals surface area contributed by atoms with Gasteiger partial charge in [-0.15, -0.1) is 0 Å². The fraction of sp³-hybridized carbons (Fsp3) is 0.929. The van der Waals surface area contributed by atoms with Gasteiger partial charge in [-0.3, -0.25) is 4.79 Å². The van der Waals surface area contributed by atoms with Crippen LogP contribution >= 0.6 is 0 Å². The van der Waals surface area contributed by atoms with Crippen molar-refractivity contribution in [2.75, 3.05) is 26.2 Å². The van der Waals surface area contributed by atoms with Gasteiger partial charge in [-0.1, -0.05) is 6.92 Å². The molecule has 1 amide bonds. The minimum absolute atomic E-state index is 0.284. The van der Waals surface area contributed by atoms with Crippen LogP contribution in [-0.2, 0) is 4.79 Å². The van der Waals surface area contributed by atoms with Crippen molar-refractivity contribution in [2.24, 2.45) is 17.3 Å². The second-order valence-electron chi connectivity index (χ2n) is 6.39. The molecule has 2 aliphatic heterocycles. The van der Waals surface area contributed by atoms with Crippen LogP contribution in [0.25, 0.3) is 0 Å². The van der Waals surface area contributed by atoms with E-state index in [1.165, 1.54) is 32.1 Å². The molecule has 17 heavy (non-hydrogen) atoms. The molecule has 0 aromatic carbocycles. The van der Waals surface area contributed by atoms with E-state index >= 15 is 0 Å². The van der Waals surface area contributed by atoms with Crippen LogP contribution in [-0.4, -0.2) is 37.0 Å². The number of carbonyl (C=O) groups excluding carboxylic acids is 1. The lowest BCUT2D eigenvalue weighted by atomic mass is 9.78. The Balaban J connectivity index is 1.60. The molecule has 2 heterocycles. The standard InChI is InChI=1S/C14H24N2O/c1-11(12-2-3-12)13(17)16-9-6-14(10-16)4-7-15-8-5-14/h11-12,15H,2-10H2,1H3. The lowest BCUT2D eigenvalue weighted by molar-refractivity contribution is -0.135. The van der Waals surface area contributed by atoms with Crippen molar-refractivity contribution in [3.8, 4) is 0 Å². The smallest absolute Gasteiger partial charge is 0.225 e. The average molecular weight is 236 g/mol. The molecule has 1 spiro atoms. The van der Waals surface area contributed by atoms with Gasteiger partial charge in [0.15, 0.2) is 0 Å². The third-order valence-corrected chi connectivity index (χ3v) is 5.13. The molecule has 2 saturated heterocycles. The molecule has 1 aliphatic carbocycles. The number of piperidine rings is 1. The molecule has 1 atom stereocenters. The molecular formula is C14H24N2O. The zero-order valence-electron chi connectivity index (χ0n) is 10.9. The Morgan fingerprint density at radius 1 is 1.29 bits per heavy atom. The quantitative estimate of drug-likeness (QED) is 0.790. The second-order valence-corrected chi connectivity index (χ2v) is 6.39. The van der Waals surface area contributed by atoms with Gasteiger partial charge in [-0.25, -0.2) is 0 Å². The van der Waals surface area contributed by atoms with E-state index < -0.39 is 0 Å². The highest BCUT2D eigenvalue weighted by atomic mass is 16.2. The summed E-state index contributed by atoms with van der Waals surface area (Å²) in [5.41, 5.74) is 0.462. The highest BCUT2D eigenvalue weighted by Gasteiger charge is 2.43. The first-order chi connectivity index (χ1) is 8.20. The van der Waals surface area contributed by atoms with Gasteiger partial charge in [0.05, 0.1) is 0 Å². The van der Waals surface area contributed by atoms with E-state index in [-0.39, 0.29) is 5.92 Å². The molecule has 96 valence electrons. The maximum atomic E-state index is 12.4. The summed E-state index contributed by atoms with van der Waals surface area (Å²) in [6.45, 7) is 6.45. The maximum Gasteiger partial charge on any atom is 0.225 e. The fourth-order valence-corrected chi connectivity index (χ4v) is 3.57. The van der Waals surface area contributed by atoms with Crippen LogP contribution in [0.3, 0.4) is 0 Å². The molecule has 0 aromatic rings. The number of carbonyl (C=O) groups is 1. The Morgan fingerprint density at radius 2 is 2.00 bits per heavy atom. The monoisotopic (exact) mass is 236 g/mol. The van der Waals surface area contributed by atoms with Crippen molar-refractivity contribution in [3.05, 3.63) is 0 Å². The van der Waals surface area contributed by atoms with Crippen molar-refractivity contribution in [2.45, 2.75) is 39.0 Å². The van der Waals surface area contributed by atoms with Gasteiger partial charge < -0.3 is 10.2 Å². The summed E-state index contributed by atoms with van der Waals surface area (Å²) in [7, 11) is 0. The molecule has 3 fully saturated rings. The van der Waals surface area contributed by atoms with E-state index in [9.17, 15) is 4.79 Å². The fourth-order valence-electron chi connectivity index (χ4n) is 3.57. The zero-order valence-corrected chi connectivity index (χ0v) is 10.9. The summed E-state index contributed by atoms with van der Waals surface area (Å²) in [6.07, 6.45) is 6.30. The van der Waals surface area contributed by atoms with Crippen molar-refractivity contribution in [1.82, 2.24) is 10.2 Å². The number of hydrogen-bond donors (Lipinski definition) is 1. The first-order valence-corrected chi connectivity index (χ1v) is 7.20. The summed E-state index contributed by atoms with van der Waals surface area (Å²) >= 11 is 0. The van der Waals surface area contributed by atoms with Crippen molar-refractivity contribution in [3.63, 3.8) is 0 Å². The van der Waals surface area contributed by atoms with E-state index in [1.54, 1.807) is 0 Å². The third kappa shape index (κ3) is 2.22. The van der Waals surface area contributed by atoms with Crippen LogP contribution < -0.4 is 5.32 Å². The van der Waals surface area contributed by atoms with Crippen LogP contribution in [0.1, 0.15) is 39.0 Å². The molecule has 3 heteroatoms. The van der Waals surface area contributed by atoms with Crippen LogP contribution in [0, 0.1) is 17.3 Å². The number of likely N-dealkylation sites (tertiary alicyclic amines) is 1. The van der Waals surface area contributed by atoms with Crippen LogP contribution in [0.2, 0.25) is 0 Å². The summed E-state index contributed by atoms with van der Waals surface area (Å²) in [4.78, 5) is 14.5. The largest absolute Gasteiger partial charge is 0.342 e. The van der Waals surface area contributed by atoms with Crippen LogP contribution in [0.15, 0.2) is 0 Å². The number of nitrogens with one attached hydrogen (secondary N) is 1. The van der Waals surface area contributed by atoms with Crippen molar-refractivity contribution >= 4 is 5.91 Å². The Kier molecular flexibility index (Phi) is 2.89. The van der Waals surface area contributed by atoms with Gasteiger partial charge in [-0.2, -0.15) is 0 Å². The van der Waals surface area contributed by atoms with E-state index in [0.717, 1.165) is 26.2 Å². The highest BCUT2D eigenvalue weighted by molar-refractivity contribution is 5.79. The zero-order chi connectivity index (χ0) is 11.9. The Bertz CT molecular complexity index is 305. The summed E-state index contributed by atoms with van der Waals surface area (Å²) in [5, 5.41) is 3.43. The molecule has 1 unspecified atom stereocenters. The first kappa shape index (κ1) is 11.5. The van der Waals surface area contributed by atoms with E-state index in [0.29, 0.717) is 17.2 Å². The van der Waals surface area contributed by atoms with Gasteiger partial charge in [0, 0.05) is 19.0 Å². The average Bonchev–Trinajstić information content (AvgIpc) is 3.13. The minimum atomic E-state index is 0.284. The molecule has 3 nitrogen and oxygen atoms in total. The molecule has 0 aromatic heterocycles. The number of rotatable bonds is 2. The van der Waals surface area contributed by atoms with Gasteiger partial charge in [0.2, 0.25) is 5.91 Å². The van der Waals surface area contributed by atoms with Crippen LogP contribution in [0.4, 0.5) is 0 Å². The van der Waals surface area contributed by atoms with E-state index in [4.69, 9.17) is 0 Å².